The first-order chi connectivity index (χ1) is 26.3. The molecule has 0 saturated carbocycles. The van der Waals surface area contributed by atoms with Gasteiger partial charge in [0.1, 0.15) is 11.2 Å². The van der Waals surface area contributed by atoms with Gasteiger partial charge in [-0.2, -0.15) is 0 Å². The molecule has 0 radical (unpaired) electrons. The fourth-order valence-corrected chi connectivity index (χ4v) is 6.05. The molecule has 8 aromatic carbocycles. The van der Waals surface area contributed by atoms with E-state index in [1.54, 1.807) is 24.3 Å². The Balaban J connectivity index is 1.40. The quantitative estimate of drug-likeness (QED) is 0.197. The van der Waals surface area contributed by atoms with Crippen molar-refractivity contribution in [1.29, 1.82) is 0 Å². The number of hydrogen-bond acceptors (Lipinski definition) is 1. The molecule has 0 spiro atoms. The molecule has 1 heteroatoms. The van der Waals surface area contributed by atoms with Gasteiger partial charge in [-0.25, -0.2) is 0 Å². The van der Waals surface area contributed by atoms with Crippen LogP contribution in [0.4, 0.5) is 0 Å². The van der Waals surface area contributed by atoms with E-state index in [0.29, 0.717) is 16.5 Å². The van der Waals surface area contributed by atoms with E-state index in [1.165, 1.54) is 6.07 Å². The van der Waals surface area contributed by atoms with Crippen LogP contribution in [0.5, 0.6) is 0 Å². The molecule has 0 unspecified atom stereocenters. The SMILES string of the molecule is [2H]c1c([2H])c([2H])c2c(oc3cc(-c4c5c([2H])c([2H])c([2H])c([2H])c5c(-c5ccc(-c6ccc7ccccc7c6)cc5)c5c([2H])c([2H])c([2H])c([2H])c45)ccc32)c1[2H]. The first-order valence-electron chi connectivity index (χ1n) is 19.8. The Morgan fingerprint density at radius 1 is 0.372 bits per heavy atom. The summed E-state index contributed by atoms with van der Waals surface area (Å²) in [5.41, 5.74) is 3.07. The van der Waals surface area contributed by atoms with Crippen molar-refractivity contribution in [2.45, 2.75) is 0 Å². The molecule has 9 rings (SSSR count). The Morgan fingerprint density at radius 3 is 1.60 bits per heavy atom. The zero-order valence-electron chi connectivity index (χ0n) is 34.5. The molecule has 0 aliphatic rings. The molecule has 0 bridgehead atoms. The molecule has 0 amide bonds. The van der Waals surface area contributed by atoms with Crippen LogP contribution < -0.4 is 0 Å². The molecule has 1 aromatic heterocycles. The maximum atomic E-state index is 9.24. The lowest BCUT2D eigenvalue weighted by atomic mass is 9.85. The third-order valence-corrected chi connectivity index (χ3v) is 8.04. The monoisotopic (exact) mass is 558 g/mol. The number of benzene rings is 8. The summed E-state index contributed by atoms with van der Waals surface area (Å²) in [6.07, 6.45) is 0. The Bertz CT molecular complexity index is 3090. The van der Waals surface area contributed by atoms with Gasteiger partial charge in [-0.05, 0) is 89.9 Å². The van der Waals surface area contributed by atoms with Gasteiger partial charge < -0.3 is 4.42 Å². The van der Waals surface area contributed by atoms with E-state index in [2.05, 4.69) is 6.07 Å². The van der Waals surface area contributed by atoms with Gasteiger partial charge in [-0.1, -0.05) is 133 Å². The van der Waals surface area contributed by atoms with Crippen LogP contribution >= 0.6 is 0 Å². The third kappa shape index (κ3) is 3.79. The second-order valence-corrected chi connectivity index (χ2v) is 10.4. The minimum atomic E-state index is -0.523. The highest BCUT2D eigenvalue weighted by Gasteiger charge is 2.17. The summed E-state index contributed by atoms with van der Waals surface area (Å²) < 4.78 is 111. The lowest BCUT2D eigenvalue weighted by Crippen LogP contribution is -1.91. The van der Waals surface area contributed by atoms with Crippen molar-refractivity contribution < 1.29 is 20.9 Å². The predicted molar refractivity (Wildman–Crippen MR) is 183 cm³/mol. The minimum Gasteiger partial charge on any atom is -0.456 e. The van der Waals surface area contributed by atoms with E-state index in [4.69, 9.17) is 15.4 Å². The summed E-state index contributed by atoms with van der Waals surface area (Å²) in [5.74, 6) is 0. The molecule has 43 heavy (non-hydrogen) atoms. The summed E-state index contributed by atoms with van der Waals surface area (Å²) in [5, 5.41) is 2.93. The lowest BCUT2D eigenvalue weighted by molar-refractivity contribution is 0.669. The Labute approximate surface area is 266 Å². The number of hydrogen-bond donors (Lipinski definition) is 0. The maximum Gasteiger partial charge on any atom is 0.136 e. The van der Waals surface area contributed by atoms with Crippen molar-refractivity contribution in [1.82, 2.24) is 0 Å². The standard InChI is InChI=1S/C42H26O/c1-2-10-30-25-31(22-19-27(30)9-1)28-17-20-29(21-18-28)41-35-12-3-5-14-37(35)42(38-15-6-4-13-36(38)41)32-23-24-34-33-11-7-8-16-39(33)43-40(34)26-32/h1-26H/i3D,4D,5D,6D,7D,8D,11D,12D,13D,14D,15D,16D. The van der Waals surface area contributed by atoms with Gasteiger partial charge in [0.05, 0.1) is 16.4 Å². The molecule has 0 N–H and O–H groups in total. The van der Waals surface area contributed by atoms with E-state index in [1.807, 2.05) is 48.5 Å². The van der Waals surface area contributed by atoms with E-state index < -0.39 is 48.3 Å². The summed E-state index contributed by atoms with van der Waals surface area (Å²) in [4.78, 5) is 0. The van der Waals surface area contributed by atoms with Crippen LogP contribution in [0.15, 0.2) is 162 Å². The van der Waals surface area contributed by atoms with Crippen molar-refractivity contribution >= 4 is 54.3 Å². The molecular formula is C42H26O. The van der Waals surface area contributed by atoms with E-state index in [9.17, 15) is 5.48 Å². The van der Waals surface area contributed by atoms with Crippen molar-refractivity contribution in [3.8, 4) is 33.4 Å². The number of rotatable bonds is 3. The van der Waals surface area contributed by atoms with E-state index in [-0.39, 0.29) is 73.4 Å². The zero-order chi connectivity index (χ0) is 38.8. The van der Waals surface area contributed by atoms with Gasteiger partial charge in [0.2, 0.25) is 0 Å². The molecule has 1 nitrogen and oxygen atoms in total. The second-order valence-electron chi connectivity index (χ2n) is 10.4. The smallest absolute Gasteiger partial charge is 0.136 e. The molecule has 0 aliphatic heterocycles. The highest BCUT2D eigenvalue weighted by atomic mass is 16.3. The number of furan rings is 1. The first kappa shape index (κ1) is 15.0. The van der Waals surface area contributed by atoms with Gasteiger partial charge >= 0.3 is 0 Å². The van der Waals surface area contributed by atoms with Crippen LogP contribution in [0, 0.1) is 0 Å². The molecule has 0 fully saturated rings. The predicted octanol–water partition coefficient (Wildman–Crippen LogP) is 12.0. The fraction of sp³-hybridized carbons (Fsp3) is 0. The van der Waals surface area contributed by atoms with Crippen molar-refractivity contribution in [3.63, 3.8) is 0 Å². The summed E-state index contributed by atoms with van der Waals surface area (Å²) in [6.45, 7) is 0. The van der Waals surface area contributed by atoms with Crippen LogP contribution in [-0.4, -0.2) is 0 Å². The van der Waals surface area contributed by atoms with Crippen molar-refractivity contribution in [3.05, 3.63) is 157 Å². The number of para-hydroxylation sites is 1. The molecule has 0 atom stereocenters. The van der Waals surface area contributed by atoms with E-state index >= 15 is 0 Å². The van der Waals surface area contributed by atoms with Gasteiger partial charge in [0.15, 0.2) is 0 Å². The second kappa shape index (κ2) is 9.44. The lowest BCUT2D eigenvalue weighted by Gasteiger charge is -2.18. The zero-order valence-corrected chi connectivity index (χ0v) is 22.5. The van der Waals surface area contributed by atoms with Crippen molar-refractivity contribution in [2.75, 3.05) is 0 Å². The maximum absolute atomic E-state index is 9.24. The molecular weight excluding hydrogens is 520 g/mol. The summed E-state index contributed by atoms with van der Waals surface area (Å²) in [7, 11) is 0. The topological polar surface area (TPSA) is 13.1 Å². The van der Waals surface area contributed by atoms with Gasteiger partial charge in [0.25, 0.3) is 0 Å². The summed E-state index contributed by atoms with van der Waals surface area (Å²) in [6, 6.07) is 21.0. The fourth-order valence-electron chi connectivity index (χ4n) is 6.05. The van der Waals surface area contributed by atoms with Crippen LogP contribution in [0.3, 0.4) is 0 Å². The average molecular weight is 559 g/mol. The minimum absolute atomic E-state index is 0.0387. The molecule has 200 valence electrons. The molecule has 0 aliphatic carbocycles. The van der Waals surface area contributed by atoms with Gasteiger partial charge in [-0.15, -0.1) is 0 Å². The molecule has 1 heterocycles. The van der Waals surface area contributed by atoms with Crippen LogP contribution in [-0.2, 0) is 0 Å². The number of fused-ring (bicyclic) bond motifs is 6. The first-order valence-corrected chi connectivity index (χ1v) is 13.8. The van der Waals surface area contributed by atoms with Crippen LogP contribution in [0.25, 0.3) is 87.6 Å². The van der Waals surface area contributed by atoms with E-state index in [0.717, 1.165) is 21.9 Å². The largest absolute Gasteiger partial charge is 0.456 e. The highest BCUT2D eigenvalue weighted by Crippen LogP contribution is 2.45. The third-order valence-electron chi connectivity index (χ3n) is 8.04. The Morgan fingerprint density at radius 2 is 0.907 bits per heavy atom. The van der Waals surface area contributed by atoms with Gasteiger partial charge in [-0.3, -0.25) is 0 Å². The van der Waals surface area contributed by atoms with Crippen LogP contribution in [0.2, 0.25) is 0 Å². The Hall–Kier alpha value is -5.66. The average Bonchev–Trinajstić information content (AvgIpc) is 3.60. The molecule has 9 aromatic rings. The Kier molecular flexibility index (Phi) is 3.29. The summed E-state index contributed by atoms with van der Waals surface area (Å²) >= 11 is 0. The highest BCUT2D eigenvalue weighted by molar-refractivity contribution is 6.22. The normalized spacial score (nSPS) is 15.6. The van der Waals surface area contributed by atoms with Crippen LogP contribution in [0.1, 0.15) is 16.4 Å². The van der Waals surface area contributed by atoms with Gasteiger partial charge in [0, 0.05) is 10.8 Å². The van der Waals surface area contributed by atoms with Crippen molar-refractivity contribution in [2.24, 2.45) is 0 Å². The molecule has 0 saturated heterocycles.